The summed E-state index contributed by atoms with van der Waals surface area (Å²) in [5.74, 6) is 6.83. The standard InChI is InChI=1S/C13H16ClN5O/c1-8(9-4-3-5-10(14)6-9)18-12-11(20-2)13(19-15)17-7-16-12/h3-8H,15H2,1-2H3,(H2,16,17,18,19). The average Bonchev–Trinajstić information content (AvgIpc) is 2.46. The summed E-state index contributed by atoms with van der Waals surface area (Å²) in [6, 6.07) is 7.62. The summed E-state index contributed by atoms with van der Waals surface area (Å²) in [6.45, 7) is 2.00. The fraction of sp³-hybridized carbons (Fsp3) is 0.231. The molecular formula is C13H16ClN5O. The molecule has 0 saturated heterocycles. The van der Waals surface area contributed by atoms with E-state index in [1.54, 1.807) is 0 Å². The van der Waals surface area contributed by atoms with Gasteiger partial charge in [0.25, 0.3) is 0 Å². The quantitative estimate of drug-likeness (QED) is 0.580. The van der Waals surface area contributed by atoms with Crippen LogP contribution in [0.15, 0.2) is 30.6 Å². The van der Waals surface area contributed by atoms with Crippen LogP contribution in [0.3, 0.4) is 0 Å². The van der Waals surface area contributed by atoms with Crippen molar-refractivity contribution in [1.82, 2.24) is 9.97 Å². The molecule has 0 aliphatic heterocycles. The van der Waals surface area contributed by atoms with Gasteiger partial charge >= 0.3 is 0 Å². The smallest absolute Gasteiger partial charge is 0.205 e. The number of nitrogens with zero attached hydrogens (tertiary/aromatic N) is 2. The van der Waals surface area contributed by atoms with E-state index >= 15 is 0 Å². The summed E-state index contributed by atoms with van der Waals surface area (Å²) in [4.78, 5) is 8.16. The Balaban J connectivity index is 2.25. The van der Waals surface area contributed by atoms with Crippen molar-refractivity contribution in [2.24, 2.45) is 5.84 Å². The van der Waals surface area contributed by atoms with E-state index in [9.17, 15) is 0 Å². The van der Waals surface area contributed by atoms with Crippen molar-refractivity contribution >= 4 is 23.2 Å². The Morgan fingerprint density at radius 1 is 1.30 bits per heavy atom. The van der Waals surface area contributed by atoms with Gasteiger partial charge in [0.2, 0.25) is 5.75 Å². The van der Waals surface area contributed by atoms with Gasteiger partial charge in [-0.25, -0.2) is 15.8 Å². The molecule has 4 N–H and O–H groups in total. The first-order valence-corrected chi connectivity index (χ1v) is 6.41. The second-order valence-electron chi connectivity index (χ2n) is 4.17. The highest BCUT2D eigenvalue weighted by molar-refractivity contribution is 6.30. The van der Waals surface area contributed by atoms with Crippen molar-refractivity contribution in [2.75, 3.05) is 17.9 Å². The zero-order valence-electron chi connectivity index (χ0n) is 11.2. The third-order valence-electron chi connectivity index (χ3n) is 2.85. The fourth-order valence-corrected chi connectivity index (χ4v) is 2.04. The summed E-state index contributed by atoms with van der Waals surface area (Å²) < 4.78 is 5.27. The Hall–Kier alpha value is -2.05. The van der Waals surface area contributed by atoms with Gasteiger partial charge in [-0.05, 0) is 24.6 Å². The normalized spacial score (nSPS) is 11.8. The van der Waals surface area contributed by atoms with Crippen LogP contribution in [0, 0.1) is 0 Å². The highest BCUT2D eigenvalue weighted by Crippen LogP contribution is 2.31. The Morgan fingerprint density at radius 3 is 2.70 bits per heavy atom. The van der Waals surface area contributed by atoms with Crippen LogP contribution in [0.25, 0.3) is 0 Å². The number of hydrazine groups is 1. The lowest BCUT2D eigenvalue weighted by atomic mass is 10.1. The summed E-state index contributed by atoms with van der Waals surface area (Å²) in [5.41, 5.74) is 3.51. The number of aromatic nitrogens is 2. The van der Waals surface area contributed by atoms with Crippen LogP contribution in [0.5, 0.6) is 5.75 Å². The molecule has 0 fully saturated rings. The van der Waals surface area contributed by atoms with Gasteiger partial charge in [-0.15, -0.1) is 0 Å². The molecule has 0 amide bonds. The number of anilines is 2. The zero-order chi connectivity index (χ0) is 14.5. The third-order valence-corrected chi connectivity index (χ3v) is 3.08. The number of rotatable bonds is 5. The molecule has 6 nitrogen and oxygen atoms in total. The summed E-state index contributed by atoms with van der Waals surface area (Å²) in [5, 5.41) is 3.94. The van der Waals surface area contributed by atoms with Crippen LogP contribution >= 0.6 is 11.6 Å². The molecule has 20 heavy (non-hydrogen) atoms. The summed E-state index contributed by atoms with van der Waals surface area (Å²) in [7, 11) is 1.54. The van der Waals surface area contributed by atoms with Gasteiger partial charge in [-0.3, -0.25) is 0 Å². The predicted molar refractivity (Wildman–Crippen MR) is 79.9 cm³/mol. The van der Waals surface area contributed by atoms with E-state index in [4.69, 9.17) is 22.2 Å². The van der Waals surface area contributed by atoms with E-state index in [0.717, 1.165) is 5.56 Å². The maximum absolute atomic E-state index is 5.99. The fourth-order valence-electron chi connectivity index (χ4n) is 1.84. The number of benzene rings is 1. The van der Waals surface area contributed by atoms with Gasteiger partial charge in [-0.1, -0.05) is 23.7 Å². The number of nitrogen functional groups attached to an aromatic ring is 1. The Bertz CT molecular complexity index is 593. The average molecular weight is 294 g/mol. The van der Waals surface area contributed by atoms with E-state index in [1.807, 2.05) is 31.2 Å². The lowest BCUT2D eigenvalue weighted by Crippen LogP contribution is -2.14. The second-order valence-corrected chi connectivity index (χ2v) is 4.61. The molecule has 1 aromatic heterocycles. The number of nitrogens with one attached hydrogen (secondary N) is 2. The van der Waals surface area contributed by atoms with Crippen molar-refractivity contribution in [3.8, 4) is 5.75 Å². The minimum Gasteiger partial charge on any atom is -0.490 e. The van der Waals surface area contributed by atoms with E-state index < -0.39 is 0 Å². The number of methoxy groups -OCH3 is 1. The van der Waals surface area contributed by atoms with Gasteiger partial charge in [0, 0.05) is 5.02 Å². The van der Waals surface area contributed by atoms with Crippen LogP contribution in [0.4, 0.5) is 11.6 Å². The van der Waals surface area contributed by atoms with Crippen molar-refractivity contribution in [1.29, 1.82) is 0 Å². The van der Waals surface area contributed by atoms with Gasteiger partial charge < -0.3 is 15.5 Å². The van der Waals surface area contributed by atoms with Gasteiger partial charge in [0.05, 0.1) is 13.2 Å². The van der Waals surface area contributed by atoms with Crippen molar-refractivity contribution in [3.05, 3.63) is 41.2 Å². The lowest BCUT2D eigenvalue weighted by Gasteiger charge is -2.18. The molecule has 106 valence electrons. The minimum absolute atomic E-state index is 0.00289. The molecule has 0 aliphatic rings. The van der Waals surface area contributed by atoms with Crippen molar-refractivity contribution < 1.29 is 4.74 Å². The Labute approximate surface area is 122 Å². The highest BCUT2D eigenvalue weighted by atomic mass is 35.5. The molecule has 0 radical (unpaired) electrons. The monoisotopic (exact) mass is 293 g/mol. The maximum Gasteiger partial charge on any atom is 0.205 e. The maximum atomic E-state index is 5.99. The molecule has 0 spiro atoms. The van der Waals surface area contributed by atoms with E-state index in [1.165, 1.54) is 13.4 Å². The largest absolute Gasteiger partial charge is 0.490 e. The topological polar surface area (TPSA) is 85.1 Å². The molecular weight excluding hydrogens is 278 g/mol. The Morgan fingerprint density at radius 2 is 2.05 bits per heavy atom. The first kappa shape index (κ1) is 14.4. The van der Waals surface area contributed by atoms with Crippen molar-refractivity contribution in [2.45, 2.75) is 13.0 Å². The van der Waals surface area contributed by atoms with E-state index in [2.05, 4.69) is 20.7 Å². The van der Waals surface area contributed by atoms with E-state index in [0.29, 0.717) is 22.4 Å². The van der Waals surface area contributed by atoms with Crippen molar-refractivity contribution in [3.63, 3.8) is 0 Å². The van der Waals surface area contributed by atoms with Crippen LogP contribution in [-0.2, 0) is 0 Å². The first-order valence-electron chi connectivity index (χ1n) is 6.03. The highest BCUT2D eigenvalue weighted by Gasteiger charge is 2.14. The lowest BCUT2D eigenvalue weighted by molar-refractivity contribution is 0.414. The van der Waals surface area contributed by atoms with Gasteiger partial charge in [0.15, 0.2) is 11.6 Å². The first-order chi connectivity index (χ1) is 9.65. The molecule has 1 aromatic carbocycles. The molecule has 1 atom stereocenters. The Kier molecular flexibility index (Phi) is 4.60. The summed E-state index contributed by atoms with van der Waals surface area (Å²) in [6.07, 6.45) is 1.41. The second kappa shape index (κ2) is 6.40. The third kappa shape index (κ3) is 3.09. The molecule has 0 aliphatic carbocycles. The van der Waals surface area contributed by atoms with Gasteiger partial charge in [-0.2, -0.15) is 0 Å². The van der Waals surface area contributed by atoms with Crippen LogP contribution < -0.4 is 21.3 Å². The van der Waals surface area contributed by atoms with Crippen LogP contribution in [0.2, 0.25) is 5.02 Å². The van der Waals surface area contributed by atoms with E-state index in [-0.39, 0.29) is 6.04 Å². The number of hydrogen-bond acceptors (Lipinski definition) is 6. The molecule has 0 bridgehead atoms. The number of halogens is 1. The zero-order valence-corrected chi connectivity index (χ0v) is 12.0. The molecule has 1 heterocycles. The molecule has 0 saturated carbocycles. The predicted octanol–water partition coefficient (Wildman–Crippen LogP) is 2.60. The molecule has 2 rings (SSSR count). The molecule has 2 aromatic rings. The number of hydrogen-bond donors (Lipinski definition) is 3. The molecule has 7 heteroatoms. The summed E-state index contributed by atoms with van der Waals surface area (Å²) >= 11 is 5.99. The minimum atomic E-state index is 0.00289. The molecule has 1 unspecified atom stereocenters. The number of ether oxygens (including phenoxy) is 1. The van der Waals surface area contributed by atoms with Crippen LogP contribution in [0.1, 0.15) is 18.5 Å². The van der Waals surface area contributed by atoms with Crippen LogP contribution in [-0.4, -0.2) is 17.1 Å². The van der Waals surface area contributed by atoms with Gasteiger partial charge in [0.1, 0.15) is 6.33 Å². The number of nitrogens with two attached hydrogens (primary N) is 1. The SMILES string of the molecule is COc1c(NN)ncnc1NC(C)c1cccc(Cl)c1.